The van der Waals surface area contributed by atoms with E-state index in [0.29, 0.717) is 4.91 Å². The molecular weight excluding hydrogens is 308 g/mol. The van der Waals surface area contributed by atoms with Gasteiger partial charge in [0.25, 0.3) is 0 Å². The SMILES string of the molecule is CCOC(=O)C1=C(C2C=CC=C2)C(C2C=CC=C2)=C(SC)C1=O. The van der Waals surface area contributed by atoms with E-state index in [9.17, 15) is 9.59 Å². The van der Waals surface area contributed by atoms with Crippen molar-refractivity contribution in [1.29, 1.82) is 0 Å². The first-order valence-corrected chi connectivity index (χ1v) is 8.86. The molecular formula is C19H18O3S. The van der Waals surface area contributed by atoms with Crippen LogP contribution in [0.25, 0.3) is 0 Å². The highest BCUT2D eigenvalue weighted by Crippen LogP contribution is 2.45. The second kappa shape index (κ2) is 6.59. The van der Waals surface area contributed by atoms with Crippen molar-refractivity contribution >= 4 is 23.5 Å². The fourth-order valence-electron chi connectivity index (χ4n) is 3.15. The normalized spacial score (nSPS) is 20.7. The molecule has 0 aliphatic heterocycles. The minimum Gasteiger partial charge on any atom is -0.462 e. The van der Waals surface area contributed by atoms with E-state index in [1.165, 1.54) is 11.8 Å². The van der Waals surface area contributed by atoms with Crippen molar-refractivity contribution in [3.05, 3.63) is 70.2 Å². The molecule has 118 valence electrons. The summed E-state index contributed by atoms with van der Waals surface area (Å²) in [5.41, 5.74) is 1.93. The third-order valence-electron chi connectivity index (χ3n) is 4.08. The Morgan fingerprint density at radius 3 is 2.04 bits per heavy atom. The van der Waals surface area contributed by atoms with Crippen LogP contribution in [0.5, 0.6) is 0 Å². The molecule has 0 aromatic rings. The number of esters is 1. The number of Topliss-reactive ketones (excluding diaryl/α,β-unsaturated/α-hetero) is 1. The smallest absolute Gasteiger partial charge is 0.342 e. The molecule has 0 fully saturated rings. The molecule has 0 saturated carbocycles. The number of thioether (sulfide) groups is 1. The summed E-state index contributed by atoms with van der Waals surface area (Å²) < 4.78 is 5.15. The first kappa shape index (κ1) is 15.8. The van der Waals surface area contributed by atoms with Gasteiger partial charge in [0.05, 0.1) is 11.5 Å². The molecule has 0 aromatic carbocycles. The summed E-state index contributed by atoms with van der Waals surface area (Å²) in [5, 5.41) is 0. The Hall–Kier alpha value is -2.07. The van der Waals surface area contributed by atoms with Crippen molar-refractivity contribution in [2.45, 2.75) is 6.92 Å². The summed E-state index contributed by atoms with van der Waals surface area (Å²) in [7, 11) is 0. The first-order chi connectivity index (χ1) is 11.2. The fraction of sp³-hybridized carbons (Fsp3) is 0.263. The van der Waals surface area contributed by atoms with Gasteiger partial charge in [-0.25, -0.2) is 4.79 Å². The quantitative estimate of drug-likeness (QED) is 0.573. The van der Waals surface area contributed by atoms with Crippen molar-refractivity contribution in [1.82, 2.24) is 0 Å². The summed E-state index contributed by atoms with van der Waals surface area (Å²) >= 11 is 1.40. The van der Waals surface area contributed by atoms with Gasteiger partial charge in [0.1, 0.15) is 5.57 Å². The molecule has 0 unspecified atom stereocenters. The summed E-state index contributed by atoms with van der Waals surface area (Å²) in [6, 6.07) is 0. The van der Waals surface area contributed by atoms with Gasteiger partial charge in [-0.15, -0.1) is 11.8 Å². The van der Waals surface area contributed by atoms with E-state index in [1.54, 1.807) is 6.92 Å². The molecule has 0 radical (unpaired) electrons. The summed E-state index contributed by atoms with van der Waals surface area (Å²) in [6.07, 6.45) is 17.8. The molecule has 0 saturated heterocycles. The zero-order valence-corrected chi connectivity index (χ0v) is 13.9. The largest absolute Gasteiger partial charge is 0.462 e. The van der Waals surface area contributed by atoms with Crippen LogP contribution in [0.15, 0.2) is 70.2 Å². The lowest BCUT2D eigenvalue weighted by atomic mass is 9.86. The molecule has 3 rings (SSSR count). The minimum atomic E-state index is -0.520. The van der Waals surface area contributed by atoms with E-state index in [0.717, 1.165) is 11.1 Å². The topological polar surface area (TPSA) is 43.4 Å². The van der Waals surface area contributed by atoms with Crippen LogP contribution >= 0.6 is 11.8 Å². The van der Waals surface area contributed by atoms with Crippen LogP contribution in [0, 0.1) is 11.8 Å². The second-order valence-electron chi connectivity index (χ2n) is 5.38. The Morgan fingerprint density at radius 2 is 1.57 bits per heavy atom. The van der Waals surface area contributed by atoms with E-state index in [2.05, 4.69) is 12.2 Å². The van der Waals surface area contributed by atoms with Crippen LogP contribution in [0.4, 0.5) is 0 Å². The molecule has 3 aliphatic carbocycles. The molecule has 0 N–H and O–H groups in total. The van der Waals surface area contributed by atoms with Crippen LogP contribution in [0.2, 0.25) is 0 Å². The highest BCUT2D eigenvalue weighted by molar-refractivity contribution is 8.03. The van der Waals surface area contributed by atoms with Gasteiger partial charge in [-0.2, -0.15) is 0 Å². The molecule has 0 aromatic heterocycles. The first-order valence-electron chi connectivity index (χ1n) is 7.63. The lowest BCUT2D eigenvalue weighted by molar-refractivity contribution is -0.139. The van der Waals surface area contributed by atoms with E-state index in [-0.39, 0.29) is 29.8 Å². The molecule has 0 spiro atoms. The van der Waals surface area contributed by atoms with Crippen molar-refractivity contribution in [3.8, 4) is 0 Å². The lowest BCUT2D eigenvalue weighted by Gasteiger charge is -2.18. The Kier molecular flexibility index (Phi) is 4.53. The highest BCUT2D eigenvalue weighted by Gasteiger charge is 2.40. The number of rotatable bonds is 5. The van der Waals surface area contributed by atoms with Crippen molar-refractivity contribution in [2.24, 2.45) is 11.8 Å². The number of ketones is 1. The molecule has 4 heteroatoms. The molecule has 3 aliphatic rings. The summed E-state index contributed by atoms with van der Waals surface area (Å²) in [6.45, 7) is 2.01. The van der Waals surface area contributed by atoms with Crippen molar-refractivity contribution in [2.75, 3.05) is 12.9 Å². The number of carbonyl (C=O) groups is 2. The zero-order valence-electron chi connectivity index (χ0n) is 13.1. The Balaban J connectivity index is 2.16. The second-order valence-corrected chi connectivity index (χ2v) is 6.19. The van der Waals surface area contributed by atoms with Crippen LogP contribution in [-0.4, -0.2) is 24.6 Å². The number of ether oxygens (including phenoxy) is 1. The number of hydrogen-bond donors (Lipinski definition) is 0. The number of carbonyl (C=O) groups excluding carboxylic acids is 2. The van der Waals surface area contributed by atoms with Gasteiger partial charge in [-0.3, -0.25) is 4.79 Å². The van der Waals surface area contributed by atoms with Gasteiger partial charge in [-0.05, 0) is 24.3 Å². The van der Waals surface area contributed by atoms with Crippen LogP contribution < -0.4 is 0 Å². The maximum Gasteiger partial charge on any atom is 0.342 e. The Labute approximate surface area is 140 Å². The minimum absolute atomic E-state index is 0.0331. The van der Waals surface area contributed by atoms with Gasteiger partial charge in [0.2, 0.25) is 5.78 Å². The Morgan fingerprint density at radius 1 is 1.04 bits per heavy atom. The van der Waals surface area contributed by atoms with Gasteiger partial charge in [0, 0.05) is 11.8 Å². The zero-order chi connectivity index (χ0) is 16.4. The average molecular weight is 326 g/mol. The van der Waals surface area contributed by atoms with Crippen molar-refractivity contribution < 1.29 is 14.3 Å². The van der Waals surface area contributed by atoms with Gasteiger partial charge in [0.15, 0.2) is 0 Å². The molecule has 0 atom stereocenters. The average Bonchev–Trinajstić information content (AvgIpc) is 3.26. The fourth-order valence-corrected chi connectivity index (χ4v) is 3.90. The van der Waals surface area contributed by atoms with E-state index in [1.807, 2.05) is 42.7 Å². The molecule has 0 bridgehead atoms. The maximum absolute atomic E-state index is 12.9. The van der Waals surface area contributed by atoms with Gasteiger partial charge in [-0.1, -0.05) is 48.6 Å². The van der Waals surface area contributed by atoms with Crippen LogP contribution in [0.3, 0.4) is 0 Å². The van der Waals surface area contributed by atoms with Crippen LogP contribution in [-0.2, 0) is 14.3 Å². The van der Waals surface area contributed by atoms with E-state index >= 15 is 0 Å². The van der Waals surface area contributed by atoms with E-state index in [4.69, 9.17) is 4.74 Å². The molecule has 0 amide bonds. The lowest BCUT2D eigenvalue weighted by Crippen LogP contribution is -2.16. The summed E-state index contributed by atoms with van der Waals surface area (Å²) in [4.78, 5) is 25.9. The Bertz CT molecular complexity index is 708. The van der Waals surface area contributed by atoms with Gasteiger partial charge >= 0.3 is 5.97 Å². The summed E-state index contributed by atoms with van der Waals surface area (Å²) in [5.74, 6) is -0.747. The highest BCUT2D eigenvalue weighted by atomic mass is 32.2. The van der Waals surface area contributed by atoms with E-state index < -0.39 is 5.97 Å². The molecule has 23 heavy (non-hydrogen) atoms. The van der Waals surface area contributed by atoms with Crippen LogP contribution in [0.1, 0.15) is 6.92 Å². The van der Waals surface area contributed by atoms with Crippen molar-refractivity contribution in [3.63, 3.8) is 0 Å². The third kappa shape index (κ3) is 2.68. The standard InChI is InChI=1S/C19H18O3S/c1-3-22-19(21)16-14(12-8-4-5-9-12)15(13-10-6-7-11-13)18(23-2)17(16)20/h4-13H,3H2,1-2H3. The molecule has 0 heterocycles. The monoisotopic (exact) mass is 326 g/mol. The molecule has 3 nitrogen and oxygen atoms in total. The third-order valence-corrected chi connectivity index (χ3v) is 4.90. The predicted molar refractivity (Wildman–Crippen MR) is 92.7 cm³/mol. The maximum atomic E-state index is 12.9. The number of hydrogen-bond acceptors (Lipinski definition) is 4. The van der Waals surface area contributed by atoms with Gasteiger partial charge < -0.3 is 4.74 Å². The number of allylic oxidation sites excluding steroid dienone is 11. The predicted octanol–water partition coefficient (Wildman–Crippen LogP) is 3.53.